The van der Waals surface area contributed by atoms with E-state index in [4.69, 9.17) is 5.26 Å². The van der Waals surface area contributed by atoms with Crippen molar-refractivity contribution in [2.75, 3.05) is 31.1 Å². The van der Waals surface area contributed by atoms with Crippen molar-refractivity contribution >= 4 is 10.8 Å². The number of rotatable bonds is 4. The van der Waals surface area contributed by atoms with Crippen LogP contribution in [0.3, 0.4) is 0 Å². The Hall–Kier alpha value is -0.440. The summed E-state index contributed by atoms with van der Waals surface area (Å²) < 4.78 is 11.1. The van der Waals surface area contributed by atoms with Crippen LogP contribution in [0.2, 0.25) is 0 Å². The first-order chi connectivity index (χ1) is 7.11. The van der Waals surface area contributed by atoms with E-state index in [9.17, 15) is 4.21 Å². The molecule has 1 aliphatic rings. The van der Waals surface area contributed by atoms with Gasteiger partial charge in [-0.3, -0.25) is 14.4 Å². The molecule has 1 unspecified atom stereocenters. The average Bonchev–Trinajstić information content (AvgIpc) is 2.19. The highest BCUT2D eigenvalue weighted by Crippen LogP contribution is 2.01. The summed E-state index contributed by atoms with van der Waals surface area (Å²) in [5.41, 5.74) is 0. The van der Waals surface area contributed by atoms with E-state index in [1.54, 1.807) is 0 Å². The summed E-state index contributed by atoms with van der Waals surface area (Å²) in [5.74, 6) is 1.50. The number of hydrogen-bond donors (Lipinski definition) is 1. The van der Waals surface area contributed by atoms with Crippen LogP contribution in [0.15, 0.2) is 0 Å². The van der Waals surface area contributed by atoms with Crippen LogP contribution in [0, 0.1) is 11.3 Å². The molecule has 1 aliphatic heterocycles. The van der Waals surface area contributed by atoms with Crippen LogP contribution < -0.4 is 5.32 Å². The highest BCUT2D eigenvalue weighted by Gasteiger charge is 2.19. The predicted octanol–water partition coefficient (Wildman–Crippen LogP) is -0.0591. The summed E-state index contributed by atoms with van der Waals surface area (Å²) in [6.07, 6.45) is 0. The zero-order chi connectivity index (χ0) is 11.3. The second-order valence-electron chi connectivity index (χ2n) is 4.15. The normalized spacial score (nSPS) is 21.5. The maximum absolute atomic E-state index is 11.1. The van der Waals surface area contributed by atoms with E-state index in [0.717, 1.165) is 31.1 Å². The van der Waals surface area contributed by atoms with Gasteiger partial charge in [0.25, 0.3) is 0 Å². The van der Waals surface area contributed by atoms with Crippen LogP contribution in [0.5, 0.6) is 0 Å². The Morgan fingerprint density at radius 2 is 2.07 bits per heavy atom. The van der Waals surface area contributed by atoms with Gasteiger partial charge in [0.2, 0.25) is 0 Å². The Kier molecular flexibility index (Phi) is 5.23. The molecule has 86 valence electrons. The van der Waals surface area contributed by atoms with Crippen molar-refractivity contribution in [3.05, 3.63) is 0 Å². The van der Waals surface area contributed by atoms with Crippen molar-refractivity contribution in [3.8, 4) is 6.07 Å². The number of nitrogens with zero attached hydrogens (tertiary/aromatic N) is 2. The first-order valence-corrected chi connectivity index (χ1v) is 6.83. The Morgan fingerprint density at radius 1 is 1.47 bits per heavy atom. The molecule has 0 aliphatic carbocycles. The summed E-state index contributed by atoms with van der Waals surface area (Å²) in [7, 11) is -0.633. The van der Waals surface area contributed by atoms with Crippen molar-refractivity contribution in [2.24, 2.45) is 0 Å². The zero-order valence-electron chi connectivity index (χ0n) is 9.40. The molecule has 0 aromatic carbocycles. The lowest BCUT2D eigenvalue weighted by Crippen LogP contribution is -2.47. The smallest absolute Gasteiger partial charge is 0.108 e. The Labute approximate surface area is 94.1 Å². The van der Waals surface area contributed by atoms with Gasteiger partial charge in [-0.15, -0.1) is 0 Å². The van der Waals surface area contributed by atoms with Crippen LogP contribution >= 0.6 is 0 Å². The Balaban J connectivity index is 2.33. The summed E-state index contributed by atoms with van der Waals surface area (Å²) in [5, 5.41) is 12.2. The van der Waals surface area contributed by atoms with Crippen molar-refractivity contribution in [2.45, 2.75) is 25.9 Å². The molecule has 0 saturated carbocycles. The zero-order valence-corrected chi connectivity index (χ0v) is 10.2. The van der Waals surface area contributed by atoms with Gasteiger partial charge in [-0.05, 0) is 13.8 Å². The van der Waals surface area contributed by atoms with Gasteiger partial charge in [-0.2, -0.15) is 5.26 Å². The molecule has 0 radical (unpaired) electrons. The molecular formula is C10H19N3OS. The van der Waals surface area contributed by atoms with Gasteiger partial charge >= 0.3 is 0 Å². The number of nitrogens with one attached hydrogen (secondary N) is 1. The minimum atomic E-state index is -0.633. The van der Waals surface area contributed by atoms with Crippen LogP contribution in [-0.4, -0.2) is 52.3 Å². The molecule has 1 heterocycles. The van der Waals surface area contributed by atoms with E-state index in [-0.39, 0.29) is 6.04 Å². The molecule has 1 rings (SSSR count). The van der Waals surface area contributed by atoms with E-state index in [2.05, 4.69) is 16.3 Å². The quantitative estimate of drug-likeness (QED) is 0.734. The summed E-state index contributed by atoms with van der Waals surface area (Å²) in [4.78, 5) is 2.21. The predicted molar refractivity (Wildman–Crippen MR) is 62.0 cm³/mol. The summed E-state index contributed by atoms with van der Waals surface area (Å²) in [6.45, 7) is 6.52. The Bertz CT molecular complexity index is 252. The SMILES string of the molecule is CC(C)NC(C#N)CN1CCS(=O)CC1. The van der Waals surface area contributed by atoms with E-state index in [1.807, 2.05) is 13.8 Å². The fraction of sp³-hybridized carbons (Fsp3) is 0.900. The maximum Gasteiger partial charge on any atom is 0.108 e. The van der Waals surface area contributed by atoms with Crippen LogP contribution in [-0.2, 0) is 10.8 Å². The highest BCUT2D eigenvalue weighted by atomic mass is 32.2. The standard InChI is InChI=1S/C10H19N3OS/c1-9(2)12-10(7-11)8-13-3-5-15(14)6-4-13/h9-10,12H,3-6,8H2,1-2H3. The molecule has 0 amide bonds. The van der Waals surface area contributed by atoms with Crippen molar-refractivity contribution in [1.29, 1.82) is 5.26 Å². The third-order valence-electron chi connectivity index (χ3n) is 2.40. The molecule has 0 bridgehead atoms. The largest absolute Gasteiger partial charge is 0.299 e. The topological polar surface area (TPSA) is 56.1 Å². The van der Waals surface area contributed by atoms with E-state index in [1.165, 1.54) is 0 Å². The third-order valence-corrected chi connectivity index (χ3v) is 3.68. The van der Waals surface area contributed by atoms with Gasteiger partial charge in [-0.1, -0.05) is 0 Å². The minimum absolute atomic E-state index is 0.114. The molecule has 0 spiro atoms. The van der Waals surface area contributed by atoms with Gasteiger partial charge in [-0.25, -0.2) is 0 Å². The monoisotopic (exact) mass is 229 g/mol. The number of hydrogen-bond acceptors (Lipinski definition) is 4. The second kappa shape index (κ2) is 6.21. The van der Waals surface area contributed by atoms with Crippen LogP contribution in [0.4, 0.5) is 0 Å². The Morgan fingerprint density at radius 3 is 2.53 bits per heavy atom. The molecule has 1 saturated heterocycles. The third kappa shape index (κ3) is 4.74. The lowest BCUT2D eigenvalue weighted by molar-refractivity contribution is 0.275. The van der Waals surface area contributed by atoms with E-state index >= 15 is 0 Å². The van der Waals surface area contributed by atoms with Crippen molar-refractivity contribution in [3.63, 3.8) is 0 Å². The minimum Gasteiger partial charge on any atom is -0.299 e. The first-order valence-electron chi connectivity index (χ1n) is 5.35. The van der Waals surface area contributed by atoms with Crippen molar-refractivity contribution < 1.29 is 4.21 Å². The molecule has 0 aromatic rings. The molecule has 4 nitrogen and oxygen atoms in total. The second-order valence-corrected chi connectivity index (χ2v) is 5.85. The molecular weight excluding hydrogens is 210 g/mol. The van der Waals surface area contributed by atoms with Gasteiger partial charge < -0.3 is 0 Å². The molecule has 1 N–H and O–H groups in total. The number of nitriles is 1. The lowest BCUT2D eigenvalue weighted by atomic mass is 10.2. The van der Waals surface area contributed by atoms with Crippen LogP contribution in [0.1, 0.15) is 13.8 Å². The average molecular weight is 229 g/mol. The van der Waals surface area contributed by atoms with Crippen molar-refractivity contribution in [1.82, 2.24) is 10.2 Å². The van der Waals surface area contributed by atoms with Crippen LogP contribution in [0.25, 0.3) is 0 Å². The van der Waals surface area contributed by atoms with E-state index < -0.39 is 10.8 Å². The molecule has 0 aromatic heterocycles. The summed E-state index contributed by atoms with van der Waals surface area (Å²) >= 11 is 0. The van der Waals surface area contributed by atoms with Gasteiger partial charge in [0, 0.05) is 48.0 Å². The highest BCUT2D eigenvalue weighted by molar-refractivity contribution is 7.85. The molecule has 15 heavy (non-hydrogen) atoms. The van der Waals surface area contributed by atoms with Gasteiger partial charge in [0.1, 0.15) is 6.04 Å². The fourth-order valence-electron chi connectivity index (χ4n) is 1.65. The van der Waals surface area contributed by atoms with Gasteiger partial charge in [0.05, 0.1) is 6.07 Å². The molecule has 1 fully saturated rings. The lowest BCUT2D eigenvalue weighted by Gasteiger charge is -2.28. The summed E-state index contributed by atoms with van der Waals surface area (Å²) in [6, 6.07) is 2.48. The molecule has 1 atom stereocenters. The molecule has 5 heteroatoms. The first kappa shape index (κ1) is 12.6. The van der Waals surface area contributed by atoms with Gasteiger partial charge in [0.15, 0.2) is 0 Å². The fourth-order valence-corrected chi connectivity index (χ4v) is 2.78. The maximum atomic E-state index is 11.1. The van der Waals surface area contributed by atoms with E-state index in [0.29, 0.717) is 6.04 Å².